The highest BCUT2D eigenvalue weighted by atomic mass is 16.3. The molecule has 2 rings (SSSR count). The molecule has 0 aromatic carbocycles. The Morgan fingerprint density at radius 3 is 2.86 bits per heavy atom. The summed E-state index contributed by atoms with van der Waals surface area (Å²) in [6.07, 6.45) is 2.33. The molecule has 0 bridgehead atoms. The summed E-state index contributed by atoms with van der Waals surface area (Å²) in [5.41, 5.74) is 7.05. The standard InChI is InChI=1S/C9H12N4O/c10-4-6-8(11)9(13-12-6)5-2-1-3-7(5)14/h5,7,14H,1-3,11H2,(H,12,13)/t5-,7-/m0/s1. The van der Waals surface area contributed by atoms with E-state index in [2.05, 4.69) is 10.2 Å². The number of H-pyrrole nitrogens is 1. The Bertz CT molecular complexity index is 379. The zero-order chi connectivity index (χ0) is 10.1. The molecule has 2 atom stereocenters. The molecule has 0 unspecified atom stereocenters. The van der Waals surface area contributed by atoms with E-state index >= 15 is 0 Å². The Balaban J connectivity index is 2.33. The van der Waals surface area contributed by atoms with Crippen LogP contribution in [0.1, 0.15) is 36.6 Å². The fourth-order valence-corrected chi connectivity index (χ4v) is 2.01. The zero-order valence-corrected chi connectivity index (χ0v) is 7.70. The van der Waals surface area contributed by atoms with E-state index in [0.29, 0.717) is 11.4 Å². The molecule has 14 heavy (non-hydrogen) atoms. The zero-order valence-electron chi connectivity index (χ0n) is 7.70. The van der Waals surface area contributed by atoms with Crippen molar-refractivity contribution < 1.29 is 5.11 Å². The van der Waals surface area contributed by atoms with Crippen molar-refractivity contribution in [2.24, 2.45) is 0 Å². The van der Waals surface area contributed by atoms with Gasteiger partial charge in [0, 0.05) is 5.92 Å². The lowest BCUT2D eigenvalue weighted by Crippen LogP contribution is -2.12. The number of anilines is 1. The highest BCUT2D eigenvalue weighted by Gasteiger charge is 2.30. The van der Waals surface area contributed by atoms with Gasteiger partial charge in [-0.1, -0.05) is 6.42 Å². The smallest absolute Gasteiger partial charge is 0.185 e. The van der Waals surface area contributed by atoms with Crippen LogP contribution < -0.4 is 5.73 Å². The third kappa shape index (κ3) is 1.24. The second-order valence-electron chi connectivity index (χ2n) is 3.62. The van der Waals surface area contributed by atoms with E-state index in [-0.39, 0.29) is 17.7 Å². The maximum absolute atomic E-state index is 9.66. The first-order valence-corrected chi connectivity index (χ1v) is 4.66. The molecule has 0 amide bonds. The van der Waals surface area contributed by atoms with E-state index in [1.54, 1.807) is 0 Å². The van der Waals surface area contributed by atoms with Crippen molar-refractivity contribution >= 4 is 5.69 Å². The molecule has 1 fully saturated rings. The van der Waals surface area contributed by atoms with E-state index in [4.69, 9.17) is 11.0 Å². The van der Waals surface area contributed by atoms with Crippen LogP contribution in [0.5, 0.6) is 0 Å². The van der Waals surface area contributed by atoms with Gasteiger partial charge in [0.2, 0.25) is 0 Å². The number of nitrogens with zero attached hydrogens (tertiary/aromatic N) is 2. The van der Waals surface area contributed by atoms with Gasteiger partial charge < -0.3 is 10.8 Å². The van der Waals surface area contributed by atoms with Crippen LogP contribution in [-0.4, -0.2) is 21.4 Å². The molecule has 1 heterocycles. The van der Waals surface area contributed by atoms with E-state index in [1.165, 1.54) is 0 Å². The first-order valence-electron chi connectivity index (χ1n) is 4.66. The SMILES string of the molecule is N#Cc1n[nH]c([C@H]2CCC[C@@H]2O)c1N. The minimum atomic E-state index is -0.357. The van der Waals surface area contributed by atoms with Crippen LogP contribution in [0.25, 0.3) is 0 Å². The summed E-state index contributed by atoms with van der Waals surface area (Å²) in [6, 6.07) is 1.90. The number of aromatic amines is 1. The van der Waals surface area contributed by atoms with Gasteiger partial charge in [-0.25, -0.2) is 0 Å². The molecule has 0 saturated heterocycles. The fourth-order valence-electron chi connectivity index (χ4n) is 2.01. The van der Waals surface area contributed by atoms with Gasteiger partial charge in [0.1, 0.15) is 6.07 Å². The minimum absolute atomic E-state index is 0.0181. The molecule has 0 aliphatic heterocycles. The van der Waals surface area contributed by atoms with Gasteiger partial charge in [-0.3, -0.25) is 5.10 Å². The number of nitriles is 1. The van der Waals surface area contributed by atoms with E-state index in [1.807, 2.05) is 6.07 Å². The Hall–Kier alpha value is -1.54. The number of aliphatic hydroxyl groups is 1. The van der Waals surface area contributed by atoms with Crippen molar-refractivity contribution in [3.05, 3.63) is 11.4 Å². The number of nitrogen functional groups attached to an aromatic ring is 1. The van der Waals surface area contributed by atoms with E-state index < -0.39 is 0 Å². The average molecular weight is 192 g/mol. The summed E-state index contributed by atoms with van der Waals surface area (Å²) in [5, 5.41) is 24.9. The van der Waals surface area contributed by atoms with Crippen LogP contribution >= 0.6 is 0 Å². The van der Waals surface area contributed by atoms with Crippen molar-refractivity contribution in [1.29, 1.82) is 5.26 Å². The van der Waals surface area contributed by atoms with Gasteiger partial charge in [-0.2, -0.15) is 10.4 Å². The monoisotopic (exact) mass is 192 g/mol. The van der Waals surface area contributed by atoms with Crippen LogP contribution in [-0.2, 0) is 0 Å². The highest BCUT2D eigenvalue weighted by Crippen LogP contribution is 2.36. The molecular formula is C9H12N4O. The maximum Gasteiger partial charge on any atom is 0.185 e. The number of nitrogens with two attached hydrogens (primary N) is 1. The van der Waals surface area contributed by atoms with E-state index in [9.17, 15) is 5.11 Å². The summed E-state index contributed by atoms with van der Waals surface area (Å²) < 4.78 is 0. The van der Waals surface area contributed by atoms with Crippen LogP contribution in [0.2, 0.25) is 0 Å². The molecule has 1 aliphatic carbocycles. The molecule has 74 valence electrons. The molecule has 1 aromatic heterocycles. The van der Waals surface area contributed by atoms with Crippen molar-refractivity contribution in [3.8, 4) is 6.07 Å². The Labute approximate surface area is 81.5 Å². The van der Waals surface area contributed by atoms with Crippen LogP contribution in [0, 0.1) is 11.3 Å². The summed E-state index contributed by atoms with van der Waals surface area (Å²) in [7, 11) is 0. The summed E-state index contributed by atoms with van der Waals surface area (Å²) in [5.74, 6) is 0.0181. The average Bonchev–Trinajstić information content (AvgIpc) is 2.72. The van der Waals surface area contributed by atoms with E-state index in [0.717, 1.165) is 19.3 Å². The number of hydrogen-bond acceptors (Lipinski definition) is 4. The van der Waals surface area contributed by atoms with Crippen LogP contribution in [0.3, 0.4) is 0 Å². The molecule has 1 aromatic rings. The second kappa shape index (κ2) is 3.31. The third-order valence-electron chi connectivity index (χ3n) is 2.79. The lowest BCUT2D eigenvalue weighted by Gasteiger charge is -2.12. The van der Waals surface area contributed by atoms with Crippen molar-refractivity contribution in [1.82, 2.24) is 10.2 Å². The summed E-state index contributed by atoms with van der Waals surface area (Å²) in [6.45, 7) is 0. The number of aliphatic hydroxyl groups excluding tert-OH is 1. The van der Waals surface area contributed by atoms with Gasteiger partial charge in [0.25, 0.3) is 0 Å². The first-order chi connectivity index (χ1) is 6.74. The van der Waals surface area contributed by atoms with Crippen molar-refractivity contribution in [3.63, 3.8) is 0 Å². The molecule has 0 radical (unpaired) electrons. The fraction of sp³-hybridized carbons (Fsp3) is 0.556. The molecule has 1 aliphatic rings. The van der Waals surface area contributed by atoms with Gasteiger partial charge in [0.15, 0.2) is 5.69 Å². The van der Waals surface area contributed by atoms with Gasteiger partial charge in [-0.15, -0.1) is 0 Å². The molecule has 0 spiro atoms. The Kier molecular flexibility index (Phi) is 2.14. The summed E-state index contributed by atoms with van der Waals surface area (Å²) >= 11 is 0. The van der Waals surface area contributed by atoms with Crippen LogP contribution in [0.15, 0.2) is 0 Å². The third-order valence-corrected chi connectivity index (χ3v) is 2.79. The molecular weight excluding hydrogens is 180 g/mol. The summed E-state index contributed by atoms with van der Waals surface area (Å²) in [4.78, 5) is 0. The Morgan fingerprint density at radius 2 is 2.36 bits per heavy atom. The molecule has 4 N–H and O–H groups in total. The number of hydrogen-bond donors (Lipinski definition) is 3. The highest BCUT2D eigenvalue weighted by molar-refractivity contribution is 5.55. The second-order valence-corrected chi connectivity index (χ2v) is 3.62. The lowest BCUT2D eigenvalue weighted by atomic mass is 10.0. The van der Waals surface area contributed by atoms with Gasteiger partial charge in [-0.05, 0) is 12.8 Å². The van der Waals surface area contributed by atoms with Gasteiger partial charge in [0.05, 0.1) is 17.5 Å². The molecule has 5 heteroatoms. The molecule has 5 nitrogen and oxygen atoms in total. The van der Waals surface area contributed by atoms with Gasteiger partial charge >= 0.3 is 0 Å². The van der Waals surface area contributed by atoms with Crippen LogP contribution in [0.4, 0.5) is 5.69 Å². The molecule has 1 saturated carbocycles. The number of aromatic nitrogens is 2. The Morgan fingerprint density at radius 1 is 1.57 bits per heavy atom. The normalized spacial score (nSPS) is 26.3. The minimum Gasteiger partial charge on any atom is -0.395 e. The maximum atomic E-state index is 9.66. The number of nitrogens with one attached hydrogen (secondary N) is 1. The quantitative estimate of drug-likeness (QED) is 0.603. The predicted octanol–water partition coefficient (Wildman–Crippen LogP) is 0.492. The largest absolute Gasteiger partial charge is 0.395 e. The predicted molar refractivity (Wildman–Crippen MR) is 50.3 cm³/mol. The first kappa shape index (κ1) is 9.03. The lowest BCUT2D eigenvalue weighted by molar-refractivity contribution is 0.162. The van der Waals surface area contributed by atoms with Crippen molar-refractivity contribution in [2.75, 3.05) is 5.73 Å². The van der Waals surface area contributed by atoms with Crippen molar-refractivity contribution in [2.45, 2.75) is 31.3 Å². The number of rotatable bonds is 1. The topological polar surface area (TPSA) is 98.7 Å².